The number of ether oxygens (including phenoxy) is 2. The first-order chi connectivity index (χ1) is 10.5. The second kappa shape index (κ2) is 6.16. The number of aryl methyl sites for hydroxylation is 1. The van der Waals surface area contributed by atoms with Crippen molar-refractivity contribution in [2.45, 2.75) is 20.5 Å². The molecule has 0 N–H and O–H groups in total. The summed E-state index contributed by atoms with van der Waals surface area (Å²) in [5.41, 5.74) is 0.734. The van der Waals surface area contributed by atoms with E-state index in [2.05, 4.69) is 4.98 Å². The lowest BCUT2D eigenvalue weighted by Gasteiger charge is -2.26. The number of aromatic nitrogens is 1. The molecule has 0 unspecified atom stereocenters. The highest BCUT2D eigenvalue weighted by molar-refractivity contribution is 7.89. The predicted molar refractivity (Wildman–Crippen MR) is 84.3 cm³/mol. The van der Waals surface area contributed by atoms with Gasteiger partial charge in [0, 0.05) is 29.8 Å². The largest absolute Gasteiger partial charge is 0.380 e. The van der Waals surface area contributed by atoms with E-state index in [9.17, 15) is 8.42 Å². The number of fused-ring (bicyclic) bond motifs is 1. The maximum atomic E-state index is 12.1. The zero-order chi connectivity index (χ0) is 15.8. The fourth-order valence-corrected chi connectivity index (χ4v) is 5.04. The van der Waals surface area contributed by atoms with Gasteiger partial charge < -0.3 is 9.47 Å². The van der Waals surface area contributed by atoms with E-state index in [4.69, 9.17) is 9.47 Å². The van der Waals surface area contributed by atoms with E-state index in [1.807, 2.05) is 12.3 Å². The van der Waals surface area contributed by atoms with Crippen LogP contribution in [0, 0.1) is 18.3 Å². The average Bonchev–Trinajstić information content (AvgIpc) is 3.13. The summed E-state index contributed by atoms with van der Waals surface area (Å²) in [6, 6.07) is 0. The number of hydrogen-bond donors (Lipinski definition) is 0. The van der Waals surface area contributed by atoms with E-state index in [0.29, 0.717) is 39.5 Å². The van der Waals surface area contributed by atoms with E-state index in [-0.39, 0.29) is 17.1 Å². The van der Waals surface area contributed by atoms with Gasteiger partial charge in [0.05, 0.1) is 42.9 Å². The first-order valence-electron chi connectivity index (χ1n) is 7.49. The molecule has 3 heterocycles. The third-order valence-electron chi connectivity index (χ3n) is 4.55. The molecule has 2 saturated heterocycles. The zero-order valence-electron chi connectivity index (χ0n) is 12.9. The first-order valence-corrected chi connectivity index (χ1v) is 9.98. The Morgan fingerprint density at radius 1 is 1.59 bits per heavy atom. The Morgan fingerprint density at radius 2 is 2.41 bits per heavy atom. The molecule has 2 aliphatic heterocycles. The minimum atomic E-state index is -3.14. The smallest absolute Gasteiger partial charge is 0.213 e. The van der Waals surface area contributed by atoms with Gasteiger partial charge >= 0.3 is 0 Å². The van der Waals surface area contributed by atoms with Crippen LogP contribution in [-0.2, 0) is 26.1 Å². The molecule has 0 aromatic carbocycles. The standard InChI is InChI=1S/C14H22N2O4S2/c1-3-22(17,18)16-4-12-5-19-9-14(12,8-16)10-20-6-13-7-21-11(2)15-13/h7,12H,3-6,8-10H2,1-2H3/t12-,14+/m1/s1. The molecule has 3 rings (SSSR count). The lowest BCUT2D eigenvalue weighted by atomic mass is 9.82. The summed E-state index contributed by atoms with van der Waals surface area (Å²) in [4.78, 5) is 4.38. The van der Waals surface area contributed by atoms with Crippen molar-refractivity contribution in [2.24, 2.45) is 11.3 Å². The quantitative estimate of drug-likeness (QED) is 0.776. The third-order valence-corrected chi connectivity index (χ3v) is 7.17. The Morgan fingerprint density at radius 3 is 3.09 bits per heavy atom. The molecule has 0 spiro atoms. The highest BCUT2D eigenvalue weighted by Crippen LogP contribution is 2.42. The maximum absolute atomic E-state index is 12.1. The van der Waals surface area contributed by atoms with Crippen molar-refractivity contribution in [1.29, 1.82) is 0 Å². The number of thiazole rings is 1. The van der Waals surface area contributed by atoms with Gasteiger partial charge in [-0.2, -0.15) is 0 Å². The summed E-state index contributed by atoms with van der Waals surface area (Å²) >= 11 is 1.61. The second-order valence-corrected chi connectivity index (χ2v) is 9.44. The Kier molecular flexibility index (Phi) is 4.57. The minimum absolute atomic E-state index is 0.148. The van der Waals surface area contributed by atoms with Crippen LogP contribution in [0.2, 0.25) is 0 Å². The minimum Gasteiger partial charge on any atom is -0.380 e. The van der Waals surface area contributed by atoms with Gasteiger partial charge in [0.2, 0.25) is 10.0 Å². The SMILES string of the molecule is CCS(=O)(=O)N1C[C@@H]2COC[C@]2(COCc2csc(C)n2)C1. The van der Waals surface area contributed by atoms with Crippen LogP contribution in [0.25, 0.3) is 0 Å². The number of hydrogen-bond acceptors (Lipinski definition) is 6. The van der Waals surface area contributed by atoms with E-state index in [1.165, 1.54) is 0 Å². The van der Waals surface area contributed by atoms with Gasteiger partial charge in [-0.05, 0) is 13.8 Å². The van der Waals surface area contributed by atoms with Gasteiger partial charge in [-0.15, -0.1) is 11.3 Å². The highest BCUT2D eigenvalue weighted by Gasteiger charge is 2.53. The van der Waals surface area contributed by atoms with Crippen LogP contribution in [0.5, 0.6) is 0 Å². The maximum Gasteiger partial charge on any atom is 0.213 e. The van der Waals surface area contributed by atoms with Crippen molar-refractivity contribution >= 4 is 21.4 Å². The summed E-state index contributed by atoms with van der Waals surface area (Å²) in [6.07, 6.45) is 0. The van der Waals surface area contributed by atoms with Crippen LogP contribution in [0.3, 0.4) is 0 Å². The van der Waals surface area contributed by atoms with E-state index in [1.54, 1.807) is 22.6 Å². The molecule has 0 radical (unpaired) electrons. The lowest BCUT2D eigenvalue weighted by Crippen LogP contribution is -2.37. The number of sulfonamides is 1. The summed E-state index contributed by atoms with van der Waals surface area (Å²) in [6.45, 7) is 6.90. The summed E-state index contributed by atoms with van der Waals surface area (Å²) < 4.78 is 37.3. The molecule has 22 heavy (non-hydrogen) atoms. The fourth-order valence-electron chi connectivity index (χ4n) is 3.21. The first kappa shape index (κ1) is 16.3. The van der Waals surface area contributed by atoms with Crippen LogP contribution >= 0.6 is 11.3 Å². The summed E-state index contributed by atoms with van der Waals surface area (Å²) in [5.74, 6) is 0.376. The van der Waals surface area contributed by atoms with Crippen LogP contribution < -0.4 is 0 Å². The van der Waals surface area contributed by atoms with E-state index < -0.39 is 10.0 Å². The molecule has 0 saturated carbocycles. The van der Waals surface area contributed by atoms with Crippen LogP contribution in [0.1, 0.15) is 17.6 Å². The van der Waals surface area contributed by atoms with Crippen molar-refractivity contribution in [2.75, 3.05) is 38.7 Å². The second-order valence-electron chi connectivity index (χ2n) is 6.12. The monoisotopic (exact) mass is 346 g/mol. The molecule has 124 valence electrons. The number of rotatable bonds is 6. The predicted octanol–water partition coefficient (Wildman–Crippen LogP) is 1.27. The van der Waals surface area contributed by atoms with Gasteiger partial charge in [-0.3, -0.25) is 0 Å². The summed E-state index contributed by atoms with van der Waals surface area (Å²) in [7, 11) is -3.14. The molecule has 6 nitrogen and oxygen atoms in total. The van der Waals surface area contributed by atoms with E-state index >= 15 is 0 Å². The van der Waals surface area contributed by atoms with Crippen LogP contribution in [0.15, 0.2) is 5.38 Å². The molecule has 2 atom stereocenters. The molecule has 2 fully saturated rings. The van der Waals surface area contributed by atoms with Crippen molar-refractivity contribution < 1.29 is 17.9 Å². The molecular formula is C14H22N2O4S2. The molecule has 1 aromatic heterocycles. The lowest BCUT2D eigenvalue weighted by molar-refractivity contribution is 0.0213. The topological polar surface area (TPSA) is 68.7 Å². The van der Waals surface area contributed by atoms with Gasteiger partial charge in [-0.25, -0.2) is 17.7 Å². The molecule has 1 aromatic rings. The van der Waals surface area contributed by atoms with E-state index in [0.717, 1.165) is 10.7 Å². The molecule has 8 heteroatoms. The highest BCUT2D eigenvalue weighted by atomic mass is 32.2. The van der Waals surface area contributed by atoms with Gasteiger partial charge in [0.25, 0.3) is 0 Å². The van der Waals surface area contributed by atoms with Crippen LogP contribution in [-0.4, -0.2) is 56.4 Å². The Balaban J connectivity index is 1.63. The van der Waals surface area contributed by atoms with Crippen molar-refractivity contribution in [3.05, 3.63) is 16.1 Å². The third kappa shape index (κ3) is 3.07. The van der Waals surface area contributed by atoms with Crippen molar-refractivity contribution in [3.63, 3.8) is 0 Å². The Labute approximate surface area is 135 Å². The molecule has 0 bridgehead atoms. The average molecular weight is 346 g/mol. The molecule has 0 amide bonds. The van der Waals surface area contributed by atoms with Crippen molar-refractivity contribution in [1.82, 2.24) is 9.29 Å². The van der Waals surface area contributed by atoms with Gasteiger partial charge in [0.15, 0.2) is 0 Å². The van der Waals surface area contributed by atoms with Gasteiger partial charge in [-0.1, -0.05) is 0 Å². The molecular weight excluding hydrogens is 324 g/mol. The zero-order valence-corrected chi connectivity index (χ0v) is 14.6. The Bertz CT molecular complexity index is 631. The summed E-state index contributed by atoms with van der Waals surface area (Å²) in [5, 5.41) is 3.03. The molecule has 0 aliphatic carbocycles. The van der Waals surface area contributed by atoms with Crippen molar-refractivity contribution in [3.8, 4) is 0 Å². The molecule has 2 aliphatic rings. The normalized spacial score (nSPS) is 29.1. The van der Waals surface area contributed by atoms with Crippen LogP contribution in [0.4, 0.5) is 0 Å². The fraction of sp³-hybridized carbons (Fsp3) is 0.786. The number of nitrogens with zero attached hydrogens (tertiary/aromatic N) is 2. The van der Waals surface area contributed by atoms with Gasteiger partial charge in [0.1, 0.15) is 0 Å². The Hall–Kier alpha value is -0.540.